The van der Waals surface area contributed by atoms with Gasteiger partial charge in [0.15, 0.2) is 0 Å². The fraction of sp³-hybridized carbons (Fsp3) is 0.556. The van der Waals surface area contributed by atoms with Gasteiger partial charge in [-0.2, -0.15) is 5.10 Å². The maximum absolute atomic E-state index is 11.5. The van der Waals surface area contributed by atoms with Gasteiger partial charge in [-0.05, 0) is 13.0 Å². The SMILES string of the molecule is CCn1ccc(C(=O)NC[C@@H]2CO2)n1. The van der Waals surface area contributed by atoms with Gasteiger partial charge in [-0.1, -0.05) is 0 Å². The van der Waals surface area contributed by atoms with Crippen LogP contribution in [0.4, 0.5) is 0 Å². The Morgan fingerprint density at radius 3 is 3.21 bits per heavy atom. The van der Waals surface area contributed by atoms with E-state index in [2.05, 4.69) is 10.4 Å². The van der Waals surface area contributed by atoms with Crippen molar-refractivity contribution >= 4 is 5.91 Å². The molecular weight excluding hydrogens is 182 g/mol. The molecule has 14 heavy (non-hydrogen) atoms. The van der Waals surface area contributed by atoms with E-state index in [0.29, 0.717) is 12.2 Å². The minimum absolute atomic E-state index is 0.132. The van der Waals surface area contributed by atoms with Crippen molar-refractivity contribution in [1.29, 1.82) is 0 Å². The van der Waals surface area contributed by atoms with Crippen LogP contribution >= 0.6 is 0 Å². The Morgan fingerprint density at radius 1 is 1.86 bits per heavy atom. The minimum Gasteiger partial charge on any atom is -0.371 e. The summed E-state index contributed by atoms with van der Waals surface area (Å²) >= 11 is 0. The number of aromatic nitrogens is 2. The summed E-state index contributed by atoms with van der Waals surface area (Å²) in [5.74, 6) is -0.132. The first-order chi connectivity index (χ1) is 6.79. The average molecular weight is 195 g/mol. The zero-order chi connectivity index (χ0) is 9.97. The lowest BCUT2D eigenvalue weighted by Gasteiger charge is -1.99. The summed E-state index contributed by atoms with van der Waals surface area (Å²) in [5.41, 5.74) is 0.465. The van der Waals surface area contributed by atoms with Crippen molar-refractivity contribution in [1.82, 2.24) is 15.1 Å². The lowest BCUT2D eigenvalue weighted by atomic mass is 10.4. The zero-order valence-corrected chi connectivity index (χ0v) is 8.06. The predicted octanol–water partition coefficient (Wildman–Crippen LogP) is 0.0316. The van der Waals surface area contributed by atoms with Crippen LogP contribution < -0.4 is 5.32 Å². The van der Waals surface area contributed by atoms with E-state index in [-0.39, 0.29) is 12.0 Å². The Balaban J connectivity index is 1.88. The number of amides is 1. The number of rotatable bonds is 4. The van der Waals surface area contributed by atoms with Gasteiger partial charge in [0, 0.05) is 19.3 Å². The van der Waals surface area contributed by atoms with E-state index < -0.39 is 0 Å². The number of nitrogens with one attached hydrogen (secondary N) is 1. The van der Waals surface area contributed by atoms with Gasteiger partial charge in [0.2, 0.25) is 0 Å². The van der Waals surface area contributed by atoms with Crippen molar-refractivity contribution in [2.75, 3.05) is 13.2 Å². The standard InChI is InChI=1S/C9H13N3O2/c1-2-12-4-3-8(11-12)9(13)10-5-7-6-14-7/h3-4,7H,2,5-6H2,1H3,(H,10,13)/t7-/m1/s1. The van der Waals surface area contributed by atoms with E-state index in [1.807, 2.05) is 6.92 Å². The molecule has 1 aromatic rings. The van der Waals surface area contributed by atoms with Crippen LogP contribution in [0.3, 0.4) is 0 Å². The van der Waals surface area contributed by atoms with Crippen molar-refractivity contribution in [3.8, 4) is 0 Å². The summed E-state index contributed by atoms with van der Waals surface area (Å²) < 4.78 is 6.71. The third-order valence-corrected chi connectivity index (χ3v) is 2.09. The molecule has 1 amide bonds. The monoisotopic (exact) mass is 195 g/mol. The molecule has 2 heterocycles. The first kappa shape index (κ1) is 9.21. The highest BCUT2D eigenvalue weighted by Gasteiger charge is 2.23. The van der Waals surface area contributed by atoms with Crippen molar-refractivity contribution < 1.29 is 9.53 Å². The lowest BCUT2D eigenvalue weighted by molar-refractivity contribution is 0.0944. The fourth-order valence-electron chi connectivity index (χ4n) is 1.14. The molecule has 1 N–H and O–H groups in total. The summed E-state index contributed by atoms with van der Waals surface area (Å²) in [6, 6.07) is 1.71. The van der Waals surface area contributed by atoms with Crippen LogP contribution in [0.1, 0.15) is 17.4 Å². The second kappa shape index (κ2) is 3.79. The smallest absolute Gasteiger partial charge is 0.271 e. The highest BCUT2D eigenvalue weighted by molar-refractivity contribution is 5.92. The average Bonchev–Trinajstić information content (AvgIpc) is 2.90. The number of hydrogen-bond donors (Lipinski definition) is 1. The molecule has 0 spiro atoms. The molecule has 1 atom stereocenters. The van der Waals surface area contributed by atoms with E-state index in [0.717, 1.165) is 13.2 Å². The van der Waals surface area contributed by atoms with Crippen LogP contribution in [-0.4, -0.2) is 34.9 Å². The highest BCUT2D eigenvalue weighted by atomic mass is 16.6. The Kier molecular flexibility index (Phi) is 2.49. The van der Waals surface area contributed by atoms with Crippen LogP contribution in [-0.2, 0) is 11.3 Å². The molecule has 1 aromatic heterocycles. The van der Waals surface area contributed by atoms with Crippen LogP contribution in [0.5, 0.6) is 0 Å². The Morgan fingerprint density at radius 2 is 2.64 bits per heavy atom. The van der Waals surface area contributed by atoms with Gasteiger partial charge in [0.05, 0.1) is 12.7 Å². The molecule has 5 heteroatoms. The van der Waals surface area contributed by atoms with Crippen LogP contribution in [0.15, 0.2) is 12.3 Å². The molecule has 5 nitrogen and oxygen atoms in total. The molecule has 1 fully saturated rings. The molecule has 0 aliphatic carbocycles. The van der Waals surface area contributed by atoms with Crippen molar-refractivity contribution in [3.05, 3.63) is 18.0 Å². The minimum atomic E-state index is -0.132. The topological polar surface area (TPSA) is 59.5 Å². The number of carbonyl (C=O) groups excluding carboxylic acids is 1. The fourth-order valence-corrected chi connectivity index (χ4v) is 1.14. The molecule has 0 aromatic carbocycles. The maximum Gasteiger partial charge on any atom is 0.271 e. The van der Waals surface area contributed by atoms with E-state index in [9.17, 15) is 4.79 Å². The molecule has 76 valence electrons. The Hall–Kier alpha value is -1.36. The van der Waals surface area contributed by atoms with Gasteiger partial charge in [-0.25, -0.2) is 0 Å². The number of aryl methyl sites for hydroxylation is 1. The number of epoxide rings is 1. The number of ether oxygens (including phenoxy) is 1. The first-order valence-corrected chi connectivity index (χ1v) is 4.73. The summed E-state index contributed by atoms with van der Waals surface area (Å²) in [7, 11) is 0. The molecular formula is C9H13N3O2. The van der Waals surface area contributed by atoms with E-state index >= 15 is 0 Å². The molecule has 1 saturated heterocycles. The van der Waals surface area contributed by atoms with Gasteiger partial charge in [-0.3, -0.25) is 9.48 Å². The second-order valence-corrected chi connectivity index (χ2v) is 3.22. The van der Waals surface area contributed by atoms with Crippen LogP contribution in [0.25, 0.3) is 0 Å². The van der Waals surface area contributed by atoms with Crippen molar-refractivity contribution in [3.63, 3.8) is 0 Å². The summed E-state index contributed by atoms with van der Waals surface area (Å²) in [6.45, 7) is 4.09. The van der Waals surface area contributed by atoms with Gasteiger partial charge in [0.25, 0.3) is 5.91 Å². The van der Waals surface area contributed by atoms with Crippen molar-refractivity contribution in [2.45, 2.75) is 19.6 Å². The summed E-state index contributed by atoms with van der Waals surface area (Å²) in [6.07, 6.45) is 2.01. The number of carbonyl (C=O) groups is 1. The van der Waals surface area contributed by atoms with Gasteiger partial charge in [-0.15, -0.1) is 0 Å². The molecule has 2 rings (SSSR count). The Bertz CT molecular complexity index is 331. The summed E-state index contributed by atoms with van der Waals surface area (Å²) in [5, 5.41) is 6.85. The third-order valence-electron chi connectivity index (χ3n) is 2.09. The molecule has 1 aliphatic heterocycles. The maximum atomic E-state index is 11.5. The quantitative estimate of drug-likeness (QED) is 0.690. The van der Waals surface area contributed by atoms with Gasteiger partial charge >= 0.3 is 0 Å². The van der Waals surface area contributed by atoms with E-state index in [1.54, 1.807) is 16.9 Å². The molecule has 0 saturated carbocycles. The molecule has 1 aliphatic rings. The van der Waals surface area contributed by atoms with E-state index in [1.165, 1.54) is 0 Å². The van der Waals surface area contributed by atoms with Crippen molar-refractivity contribution in [2.24, 2.45) is 0 Å². The van der Waals surface area contributed by atoms with Crippen LogP contribution in [0, 0.1) is 0 Å². The van der Waals surface area contributed by atoms with Gasteiger partial charge < -0.3 is 10.1 Å². The van der Waals surface area contributed by atoms with Crippen LogP contribution in [0.2, 0.25) is 0 Å². The molecule has 0 radical (unpaired) electrons. The largest absolute Gasteiger partial charge is 0.371 e. The number of hydrogen-bond acceptors (Lipinski definition) is 3. The first-order valence-electron chi connectivity index (χ1n) is 4.73. The molecule has 0 unspecified atom stereocenters. The second-order valence-electron chi connectivity index (χ2n) is 3.22. The predicted molar refractivity (Wildman–Crippen MR) is 50.0 cm³/mol. The van der Waals surface area contributed by atoms with E-state index in [4.69, 9.17) is 4.74 Å². The summed E-state index contributed by atoms with van der Waals surface area (Å²) in [4.78, 5) is 11.5. The molecule has 0 bridgehead atoms. The van der Waals surface area contributed by atoms with Gasteiger partial charge in [0.1, 0.15) is 5.69 Å². The zero-order valence-electron chi connectivity index (χ0n) is 8.06. The Labute approximate surface area is 82.0 Å². The highest BCUT2D eigenvalue weighted by Crippen LogP contribution is 2.06. The number of nitrogens with zero attached hydrogens (tertiary/aromatic N) is 2. The third kappa shape index (κ3) is 2.11. The lowest BCUT2D eigenvalue weighted by Crippen LogP contribution is -2.27. The normalized spacial score (nSPS) is 19.4.